The predicted molar refractivity (Wildman–Crippen MR) is 70.6 cm³/mol. The monoisotopic (exact) mass is 271 g/mol. The fourth-order valence-electron chi connectivity index (χ4n) is 1.80. The lowest BCUT2D eigenvalue weighted by Gasteiger charge is -2.37. The molecule has 0 heterocycles. The number of hydrogen-bond donors (Lipinski definition) is 1. The Balaban J connectivity index is 3.25. The number of anilines is 1. The van der Waals surface area contributed by atoms with Gasteiger partial charge in [0.2, 0.25) is 0 Å². The van der Waals surface area contributed by atoms with Gasteiger partial charge in [0.05, 0.1) is 5.56 Å². The molecule has 106 valence electrons. The van der Waals surface area contributed by atoms with Gasteiger partial charge in [0.1, 0.15) is 17.3 Å². The number of halogens is 2. The molecule has 3 nitrogen and oxygen atoms in total. The summed E-state index contributed by atoms with van der Waals surface area (Å²) in [6.07, 6.45) is 0. The van der Waals surface area contributed by atoms with Crippen LogP contribution in [0.4, 0.5) is 14.5 Å². The van der Waals surface area contributed by atoms with Crippen molar-refractivity contribution in [2.45, 2.75) is 33.7 Å². The van der Waals surface area contributed by atoms with E-state index in [9.17, 15) is 13.6 Å². The van der Waals surface area contributed by atoms with Crippen molar-refractivity contribution < 1.29 is 18.7 Å². The molecule has 0 spiro atoms. The number of carboxylic acid groups (broad SMARTS) is 1. The van der Waals surface area contributed by atoms with Crippen molar-refractivity contribution in [1.29, 1.82) is 0 Å². The van der Waals surface area contributed by atoms with Crippen molar-refractivity contribution in [3.8, 4) is 0 Å². The van der Waals surface area contributed by atoms with Crippen LogP contribution in [-0.2, 0) is 0 Å². The summed E-state index contributed by atoms with van der Waals surface area (Å²) in [7, 11) is 1.60. The van der Waals surface area contributed by atoms with E-state index in [-0.39, 0.29) is 17.1 Å². The summed E-state index contributed by atoms with van der Waals surface area (Å²) in [5, 5.41) is 8.75. The molecule has 0 aliphatic heterocycles. The Hall–Kier alpha value is -1.65. The Bertz CT molecular complexity index is 472. The van der Waals surface area contributed by atoms with Crippen LogP contribution in [0, 0.1) is 17.0 Å². The van der Waals surface area contributed by atoms with Crippen LogP contribution in [0.3, 0.4) is 0 Å². The van der Waals surface area contributed by atoms with Crippen molar-refractivity contribution in [1.82, 2.24) is 0 Å². The van der Waals surface area contributed by atoms with E-state index >= 15 is 0 Å². The molecule has 0 amide bonds. The van der Waals surface area contributed by atoms with E-state index in [0.717, 1.165) is 12.1 Å². The fraction of sp³-hybridized carbons (Fsp3) is 0.500. The molecule has 5 heteroatoms. The number of benzene rings is 1. The third-order valence-electron chi connectivity index (χ3n) is 3.45. The van der Waals surface area contributed by atoms with Crippen LogP contribution >= 0.6 is 0 Å². The Labute approximate surface area is 111 Å². The van der Waals surface area contributed by atoms with Crippen LogP contribution in [0.5, 0.6) is 0 Å². The first kappa shape index (κ1) is 15.4. The smallest absolute Gasteiger partial charge is 0.335 e. The van der Waals surface area contributed by atoms with Gasteiger partial charge in [-0.1, -0.05) is 20.8 Å². The Morgan fingerprint density at radius 2 is 1.68 bits per heavy atom. The van der Waals surface area contributed by atoms with E-state index in [2.05, 4.69) is 0 Å². The van der Waals surface area contributed by atoms with Crippen molar-refractivity contribution in [3.63, 3.8) is 0 Å². The molecule has 19 heavy (non-hydrogen) atoms. The molecular weight excluding hydrogens is 252 g/mol. The van der Waals surface area contributed by atoms with Crippen molar-refractivity contribution in [2.24, 2.45) is 5.41 Å². The highest BCUT2D eigenvalue weighted by molar-refractivity contribution is 5.88. The van der Waals surface area contributed by atoms with Gasteiger partial charge in [0.25, 0.3) is 0 Å². The molecule has 1 N–H and O–H groups in total. The van der Waals surface area contributed by atoms with Gasteiger partial charge in [0, 0.05) is 13.1 Å². The van der Waals surface area contributed by atoms with Crippen LogP contribution in [0.25, 0.3) is 0 Å². The van der Waals surface area contributed by atoms with Crippen LogP contribution in [0.15, 0.2) is 12.1 Å². The molecule has 0 saturated heterocycles. The first-order valence-electron chi connectivity index (χ1n) is 6.01. The second kappa shape index (κ2) is 5.15. The van der Waals surface area contributed by atoms with E-state index in [1.165, 1.54) is 4.90 Å². The zero-order valence-corrected chi connectivity index (χ0v) is 11.8. The quantitative estimate of drug-likeness (QED) is 0.914. The molecule has 1 rings (SSSR count). The normalized spacial score (nSPS) is 13.2. The van der Waals surface area contributed by atoms with Gasteiger partial charge >= 0.3 is 5.97 Å². The van der Waals surface area contributed by atoms with Gasteiger partial charge in [0.15, 0.2) is 0 Å². The van der Waals surface area contributed by atoms with Crippen LogP contribution < -0.4 is 4.90 Å². The topological polar surface area (TPSA) is 40.5 Å². The molecular formula is C14H19F2NO2. The maximum absolute atomic E-state index is 13.9. The predicted octanol–water partition coefficient (Wildman–Crippen LogP) is 3.53. The van der Waals surface area contributed by atoms with E-state index in [0.29, 0.717) is 0 Å². The van der Waals surface area contributed by atoms with Crippen LogP contribution in [0.1, 0.15) is 38.1 Å². The highest BCUT2D eigenvalue weighted by atomic mass is 19.1. The summed E-state index contributed by atoms with van der Waals surface area (Å²) in [5.41, 5.74) is -0.762. The van der Waals surface area contributed by atoms with Gasteiger partial charge in [-0.2, -0.15) is 0 Å². The summed E-state index contributed by atoms with van der Waals surface area (Å²) < 4.78 is 27.9. The first-order chi connectivity index (χ1) is 8.55. The van der Waals surface area contributed by atoms with E-state index in [4.69, 9.17) is 5.11 Å². The third kappa shape index (κ3) is 3.22. The molecule has 1 atom stereocenters. The molecule has 0 fully saturated rings. The van der Waals surface area contributed by atoms with Gasteiger partial charge in [-0.15, -0.1) is 0 Å². The first-order valence-corrected chi connectivity index (χ1v) is 6.01. The number of carboxylic acids is 1. The minimum absolute atomic E-state index is 0.118. The number of rotatable bonds is 3. The summed E-state index contributed by atoms with van der Waals surface area (Å²) in [5.74, 6) is -3.08. The maximum atomic E-state index is 13.9. The lowest BCUT2D eigenvalue weighted by atomic mass is 9.87. The molecule has 0 radical (unpaired) electrons. The fourth-order valence-corrected chi connectivity index (χ4v) is 1.80. The van der Waals surface area contributed by atoms with Crippen LogP contribution in [0.2, 0.25) is 0 Å². The molecule has 0 aliphatic carbocycles. The average Bonchev–Trinajstić information content (AvgIpc) is 2.25. The van der Waals surface area contributed by atoms with Gasteiger partial charge in [-0.25, -0.2) is 13.6 Å². The highest BCUT2D eigenvalue weighted by Gasteiger charge is 2.28. The average molecular weight is 271 g/mol. The Kier molecular flexibility index (Phi) is 4.18. The second-order valence-electron chi connectivity index (χ2n) is 5.75. The zero-order chi connectivity index (χ0) is 15.0. The molecule has 1 unspecified atom stereocenters. The minimum atomic E-state index is -1.35. The molecule has 0 bridgehead atoms. The van der Waals surface area contributed by atoms with Crippen molar-refractivity contribution in [2.75, 3.05) is 11.9 Å². The SMILES string of the molecule is CC(N(C)c1c(F)cc(C(=O)O)cc1F)C(C)(C)C. The maximum Gasteiger partial charge on any atom is 0.335 e. The van der Waals surface area contributed by atoms with E-state index in [1.54, 1.807) is 7.05 Å². The summed E-state index contributed by atoms with van der Waals surface area (Å²) >= 11 is 0. The largest absolute Gasteiger partial charge is 0.478 e. The highest BCUT2D eigenvalue weighted by Crippen LogP contribution is 2.31. The van der Waals surface area contributed by atoms with Crippen molar-refractivity contribution in [3.05, 3.63) is 29.3 Å². The van der Waals surface area contributed by atoms with Crippen molar-refractivity contribution >= 4 is 11.7 Å². The molecule has 0 aromatic heterocycles. The minimum Gasteiger partial charge on any atom is -0.478 e. The summed E-state index contributed by atoms with van der Waals surface area (Å²) in [6, 6.07) is 1.56. The molecule has 1 aromatic carbocycles. The van der Waals surface area contributed by atoms with Gasteiger partial charge < -0.3 is 10.0 Å². The molecule has 0 aliphatic rings. The number of hydrogen-bond acceptors (Lipinski definition) is 2. The zero-order valence-electron chi connectivity index (χ0n) is 11.8. The number of aromatic carboxylic acids is 1. The lowest BCUT2D eigenvalue weighted by molar-refractivity contribution is 0.0695. The number of carbonyl (C=O) groups is 1. The van der Waals surface area contributed by atoms with Crippen LogP contribution in [-0.4, -0.2) is 24.2 Å². The third-order valence-corrected chi connectivity index (χ3v) is 3.45. The Morgan fingerprint density at radius 1 is 1.26 bits per heavy atom. The second-order valence-corrected chi connectivity index (χ2v) is 5.75. The van der Waals surface area contributed by atoms with E-state index < -0.39 is 23.2 Å². The molecule has 0 saturated carbocycles. The summed E-state index contributed by atoms with van der Waals surface area (Å²) in [4.78, 5) is 12.2. The summed E-state index contributed by atoms with van der Waals surface area (Å²) in [6.45, 7) is 7.77. The standard InChI is InChI=1S/C14H19F2NO2/c1-8(14(2,3)4)17(5)12-10(15)6-9(13(18)19)7-11(12)16/h6-8H,1-5H3,(H,18,19). The van der Waals surface area contributed by atoms with Gasteiger partial charge in [-0.05, 0) is 24.5 Å². The number of nitrogens with zero attached hydrogens (tertiary/aromatic N) is 1. The molecule has 1 aromatic rings. The van der Waals surface area contributed by atoms with E-state index in [1.807, 2.05) is 27.7 Å². The Morgan fingerprint density at radius 3 is 2.00 bits per heavy atom. The van der Waals surface area contributed by atoms with Gasteiger partial charge in [-0.3, -0.25) is 0 Å². The lowest BCUT2D eigenvalue weighted by Crippen LogP contribution is -2.40.